The van der Waals surface area contributed by atoms with Crippen LogP contribution in [0.3, 0.4) is 0 Å². The summed E-state index contributed by atoms with van der Waals surface area (Å²) in [7, 11) is 0. The van der Waals surface area contributed by atoms with E-state index >= 15 is 0 Å². The van der Waals surface area contributed by atoms with Gasteiger partial charge in [0.1, 0.15) is 13.2 Å². The molecule has 0 spiro atoms. The van der Waals surface area contributed by atoms with E-state index in [9.17, 15) is 14.4 Å². The van der Waals surface area contributed by atoms with Gasteiger partial charge in [0.15, 0.2) is 6.10 Å². The molecule has 0 aliphatic heterocycles. The summed E-state index contributed by atoms with van der Waals surface area (Å²) in [5.74, 6) is 0.745. The Hall–Kier alpha value is -1.59. The summed E-state index contributed by atoms with van der Waals surface area (Å²) in [6, 6.07) is 0. The minimum Gasteiger partial charge on any atom is -0.462 e. The predicted octanol–water partition coefficient (Wildman–Crippen LogP) is 16.5. The lowest BCUT2D eigenvalue weighted by Gasteiger charge is -2.18. The molecule has 0 rings (SSSR count). The van der Waals surface area contributed by atoms with Crippen molar-refractivity contribution in [2.24, 2.45) is 11.8 Å². The summed E-state index contributed by atoms with van der Waals surface area (Å²) < 4.78 is 16.8. The van der Waals surface area contributed by atoms with Crippen molar-refractivity contribution in [3.05, 3.63) is 0 Å². The minimum absolute atomic E-state index is 0.0647. The van der Waals surface area contributed by atoms with E-state index in [1.165, 1.54) is 173 Å². The third-order valence-corrected chi connectivity index (χ3v) is 11.7. The Labute approximate surface area is 361 Å². The molecule has 0 N–H and O–H groups in total. The molecule has 0 aliphatic carbocycles. The van der Waals surface area contributed by atoms with E-state index in [0.717, 1.165) is 69.6 Å². The lowest BCUT2D eigenvalue weighted by Crippen LogP contribution is -2.30. The molecule has 0 aromatic heterocycles. The summed E-state index contributed by atoms with van der Waals surface area (Å²) in [5.41, 5.74) is 0. The fourth-order valence-electron chi connectivity index (χ4n) is 7.81. The number of carbonyl (C=O) groups excluding carboxylic acids is 3. The maximum Gasteiger partial charge on any atom is 0.306 e. The summed E-state index contributed by atoms with van der Waals surface area (Å²) in [4.78, 5) is 37.9. The molecule has 1 atom stereocenters. The highest BCUT2D eigenvalue weighted by molar-refractivity contribution is 5.71. The van der Waals surface area contributed by atoms with Gasteiger partial charge in [-0.2, -0.15) is 0 Å². The van der Waals surface area contributed by atoms with E-state index in [1.54, 1.807) is 0 Å². The van der Waals surface area contributed by atoms with Crippen molar-refractivity contribution in [1.82, 2.24) is 0 Å². The molecular formula is C52H100O6. The lowest BCUT2D eigenvalue weighted by atomic mass is 10.0. The molecule has 0 saturated carbocycles. The average Bonchev–Trinajstić information content (AvgIpc) is 3.19. The van der Waals surface area contributed by atoms with Crippen LogP contribution in [0.5, 0.6) is 0 Å². The molecule has 0 aliphatic rings. The van der Waals surface area contributed by atoms with Gasteiger partial charge in [-0.15, -0.1) is 0 Å². The fourth-order valence-corrected chi connectivity index (χ4v) is 7.81. The largest absolute Gasteiger partial charge is 0.462 e. The standard InChI is InChI=1S/C52H100O6/c1-6-7-8-9-10-11-12-13-14-17-20-23-26-32-37-42-50(53)56-45-49(58-52(55)44-39-34-29-28-31-36-41-48(4)5)46-57-51(54)43-38-33-27-24-21-18-15-16-19-22-25-30-35-40-47(2)3/h47-49H,6-46H2,1-5H3/t49-/m1/s1. The first kappa shape index (κ1) is 56.4. The first-order valence-electron chi connectivity index (χ1n) is 25.7. The van der Waals surface area contributed by atoms with Crippen molar-refractivity contribution in [1.29, 1.82) is 0 Å². The molecular weight excluding hydrogens is 721 g/mol. The van der Waals surface area contributed by atoms with E-state index in [2.05, 4.69) is 34.6 Å². The predicted molar refractivity (Wildman–Crippen MR) is 247 cm³/mol. The zero-order valence-corrected chi connectivity index (χ0v) is 39.7. The Morgan fingerprint density at radius 2 is 0.569 bits per heavy atom. The van der Waals surface area contributed by atoms with E-state index in [-0.39, 0.29) is 31.1 Å². The topological polar surface area (TPSA) is 78.9 Å². The molecule has 58 heavy (non-hydrogen) atoms. The van der Waals surface area contributed by atoms with Gasteiger partial charge in [0.2, 0.25) is 0 Å². The van der Waals surface area contributed by atoms with Crippen LogP contribution in [0.4, 0.5) is 0 Å². The van der Waals surface area contributed by atoms with Gasteiger partial charge in [-0.3, -0.25) is 14.4 Å². The first-order chi connectivity index (χ1) is 28.2. The van der Waals surface area contributed by atoms with Crippen LogP contribution in [0.1, 0.15) is 285 Å². The summed E-state index contributed by atoms with van der Waals surface area (Å²) in [5, 5.41) is 0. The fraction of sp³-hybridized carbons (Fsp3) is 0.942. The monoisotopic (exact) mass is 821 g/mol. The second-order valence-electron chi connectivity index (χ2n) is 18.8. The number of hydrogen-bond acceptors (Lipinski definition) is 6. The molecule has 0 aromatic carbocycles. The number of rotatable bonds is 46. The van der Waals surface area contributed by atoms with Crippen LogP contribution in [0.25, 0.3) is 0 Å². The summed E-state index contributed by atoms with van der Waals surface area (Å²) >= 11 is 0. The van der Waals surface area contributed by atoms with Crippen molar-refractivity contribution in [2.45, 2.75) is 291 Å². The van der Waals surface area contributed by atoms with Crippen LogP contribution in [0.15, 0.2) is 0 Å². The quantitative estimate of drug-likeness (QED) is 0.0346. The second-order valence-corrected chi connectivity index (χ2v) is 18.8. The Morgan fingerprint density at radius 1 is 0.328 bits per heavy atom. The highest BCUT2D eigenvalue weighted by Crippen LogP contribution is 2.17. The molecule has 0 aromatic rings. The molecule has 0 amide bonds. The van der Waals surface area contributed by atoms with Crippen molar-refractivity contribution >= 4 is 17.9 Å². The van der Waals surface area contributed by atoms with Gasteiger partial charge in [-0.25, -0.2) is 0 Å². The van der Waals surface area contributed by atoms with Gasteiger partial charge in [-0.1, -0.05) is 247 Å². The van der Waals surface area contributed by atoms with E-state index in [0.29, 0.717) is 19.3 Å². The van der Waals surface area contributed by atoms with Crippen LogP contribution in [0.2, 0.25) is 0 Å². The average molecular weight is 821 g/mol. The number of esters is 3. The summed E-state index contributed by atoms with van der Waals surface area (Å²) in [6.07, 6.45) is 45.3. The van der Waals surface area contributed by atoms with Crippen LogP contribution in [-0.4, -0.2) is 37.2 Å². The van der Waals surface area contributed by atoms with Crippen LogP contribution in [0, 0.1) is 11.8 Å². The first-order valence-corrected chi connectivity index (χ1v) is 25.7. The second kappa shape index (κ2) is 44.9. The van der Waals surface area contributed by atoms with Crippen molar-refractivity contribution in [3.8, 4) is 0 Å². The normalized spacial score (nSPS) is 12.1. The van der Waals surface area contributed by atoms with Gasteiger partial charge < -0.3 is 14.2 Å². The molecule has 344 valence electrons. The van der Waals surface area contributed by atoms with Gasteiger partial charge in [0.25, 0.3) is 0 Å². The van der Waals surface area contributed by atoms with E-state index in [4.69, 9.17) is 14.2 Å². The van der Waals surface area contributed by atoms with Crippen molar-refractivity contribution in [2.75, 3.05) is 13.2 Å². The highest BCUT2D eigenvalue weighted by atomic mass is 16.6. The molecule has 0 bridgehead atoms. The lowest BCUT2D eigenvalue weighted by molar-refractivity contribution is -0.167. The number of unbranched alkanes of at least 4 members (excludes halogenated alkanes) is 31. The Bertz CT molecular complexity index is 885. The third-order valence-electron chi connectivity index (χ3n) is 11.7. The smallest absolute Gasteiger partial charge is 0.306 e. The van der Waals surface area contributed by atoms with Crippen LogP contribution in [-0.2, 0) is 28.6 Å². The zero-order valence-electron chi connectivity index (χ0n) is 39.7. The molecule has 0 unspecified atom stereocenters. The summed E-state index contributed by atoms with van der Waals surface area (Å²) in [6.45, 7) is 11.3. The van der Waals surface area contributed by atoms with Crippen molar-refractivity contribution < 1.29 is 28.6 Å². The Balaban J connectivity index is 4.24. The van der Waals surface area contributed by atoms with Gasteiger partial charge in [-0.05, 0) is 31.1 Å². The number of hydrogen-bond donors (Lipinski definition) is 0. The minimum atomic E-state index is -0.762. The SMILES string of the molecule is CCCCCCCCCCCCCCCCCC(=O)OC[C@H](COC(=O)CCCCCCCCCCCCCCCC(C)C)OC(=O)CCCCCCCCC(C)C. The molecule has 0 fully saturated rings. The molecule has 6 nitrogen and oxygen atoms in total. The van der Waals surface area contributed by atoms with E-state index < -0.39 is 6.10 Å². The van der Waals surface area contributed by atoms with Crippen molar-refractivity contribution in [3.63, 3.8) is 0 Å². The highest BCUT2D eigenvalue weighted by Gasteiger charge is 2.19. The molecule has 0 radical (unpaired) electrons. The third kappa shape index (κ3) is 45.5. The Morgan fingerprint density at radius 3 is 0.845 bits per heavy atom. The zero-order chi connectivity index (χ0) is 42.6. The molecule has 0 saturated heterocycles. The van der Waals surface area contributed by atoms with Gasteiger partial charge in [0.05, 0.1) is 0 Å². The molecule has 0 heterocycles. The number of ether oxygens (including phenoxy) is 3. The van der Waals surface area contributed by atoms with Crippen LogP contribution < -0.4 is 0 Å². The maximum atomic E-state index is 12.7. The van der Waals surface area contributed by atoms with Crippen LogP contribution >= 0.6 is 0 Å². The van der Waals surface area contributed by atoms with Gasteiger partial charge in [0, 0.05) is 19.3 Å². The Kier molecular flexibility index (Phi) is 43.7. The van der Waals surface area contributed by atoms with E-state index in [1.807, 2.05) is 0 Å². The maximum absolute atomic E-state index is 12.7. The number of carbonyl (C=O) groups is 3. The molecule has 6 heteroatoms. The van der Waals surface area contributed by atoms with Gasteiger partial charge >= 0.3 is 17.9 Å².